The van der Waals surface area contributed by atoms with E-state index in [-0.39, 0.29) is 5.78 Å². The first-order valence-corrected chi connectivity index (χ1v) is 6.53. The highest BCUT2D eigenvalue weighted by Crippen LogP contribution is 2.29. The first kappa shape index (κ1) is 15.5. The summed E-state index contributed by atoms with van der Waals surface area (Å²) >= 11 is 0. The van der Waals surface area contributed by atoms with Crippen molar-refractivity contribution in [2.75, 3.05) is 20.8 Å². The van der Waals surface area contributed by atoms with Crippen molar-refractivity contribution >= 4 is 5.78 Å². The Bertz CT molecular complexity index is 392. The molecule has 0 aromatic heterocycles. The number of hydrogen-bond acceptors (Lipinski definition) is 4. The summed E-state index contributed by atoms with van der Waals surface area (Å²) in [7, 11) is 3.17. The molecule has 4 nitrogen and oxygen atoms in total. The van der Waals surface area contributed by atoms with Crippen molar-refractivity contribution in [1.82, 2.24) is 0 Å². The number of ketones is 1. The minimum absolute atomic E-state index is 0.0830. The highest BCUT2D eigenvalue weighted by Gasteiger charge is 2.21. The summed E-state index contributed by atoms with van der Waals surface area (Å²) in [5.41, 5.74) is 0.775. The van der Waals surface area contributed by atoms with Crippen LogP contribution in [0.25, 0.3) is 0 Å². The number of Topliss-reactive ketones (excluding diaryl/α,β-unsaturated/α-hetero) is 1. The molecule has 0 aliphatic carbocycles. The fourth-order valence-electron chi connectivity index (χ4n) is 1.90. The molecule has 1 atom stereocenters. The van der Waals surface area contributed by atoms with Gasteiger partial charge in [0.15, 0.2) is 5.78 Å². The molecule has 1 aromatic carbocycles. The van der Waals surface area contributed by atoms with Gasteiger partial charge in [0.05, 0.1) is 14.2 Å². The van der Waals surface area contributed by atoms with Crippen molar-refractivity contribution < 1.29 is 19.0 Å². The van der Waals surface area contributed by atoms with Crippen LogP contribution >= 0.6 is 0 Å². The first-order chi connectivity index (χ1) is 9.15. The number of rotatable bonds is 8. The van der Waals surface area contributed by atoms with Crippen LogP contribution in [0.4, 0.5) is 0 Å². The molecule has 4 heteroatoms. The molecule has 0 aliphatic rings. The van der Waals surface area contributed by atoms with E-state index in [4.69, 9.17) is 14.2 Å². The number of hydrogen-bond donors (Lipinski definition) is 0. The third-order valence-corrected chi connectivity index (χ3v) is 2.80. The molecule has 0 amide bonds. The van der Waals surface area contributed by atoms with Crippen LogP contribution < -0.4 is 9.47 Å². The van der Waals surface area contributed by atoms with Gasteiger partial charge in [-0.05, 0) is 31.0 Å². The number of benzene rings is 1. The summed E-state index contributed by atoms with van der Waals surface area (Å²) in [6, 6.07) is 5.41. The fourth-order valence-corrected chi connectivity index (χ4v) is 1.90. The van der Waals surface area contributed by atoms with Crippen LogP contribution in [0, 0.1) is 0 Å². The molecule has 1 unspecified atom stereocenters. The normalized spacial score (nSPS) is 12.0. The van der Waals surface area contributed by atoms with Crippen molar-refractivity contribution in [1.29, 1.82) is 0 Å². The van der Waals surface area contributed by atoms with E-state index in [1.54, 1.807) is 20.3 Å². The van der Waals surface area contributed by atoms with Crippen LogP contribution in [0.5, 0.6) is 11.5 Å². The zero-order valence-electron chi connectivity index (χ0n) is 12.1. The lowest BCUT2D eigenvalue weighted by atomic mass is 10.0. The first-order valence-electron chi connectivity index (χ1n) is 6.53. The van der Waals surface area contributed by atoms with Gasteiger partial charge >= 0.3 is 0 Å². The van der Waals surface area contributed by atoms with E-state index < -0.39 is 6.10 Å². The van der Waals surface area contributed by atoms with E-state index in [2.05, 4.69) is 0 Å². The minimum Gasteiger partial charge on any atom is -0.497 e. The zero-order chi connectivity index (χ0) is 14.3. The molecule has 1 aromatic rings. The van der Waals surface area contributed by atoms with Crippen LogP contribution in [-0.2, 0) is 9.53 Å². The van der Waals surface area contributed by atoms with Gasteiger partial charge in [-0.2, -0.15) is 0 Å². The lowest BCUT2D eigenvalue weighted by molar-refractivity contribution is -0.130. The molecule has 106 valence electrons. The average molecular weight is 266 g/mol. The predicted octanol–water partition coefficient (Wildman–Crippen LogP) is 3.15. The van der Waals surface area contributed by atoms with Gasteiger partial charge in [-0.15, -0.1) is 0 Å². The third-order valence-electron chi connectivity index (χ3n) is 2.80. The van der Waals surface area contributed by atoms with Crippen LogP contribution in [0.1, 0.15) is 38.4 Å². The zero-order valence-corrected chi connectivity index (χ0v) is 12.1. The quantitative estimate of drug-likeness (QED) is 0.725. The predicted molar refractivity (Wildman–Crippen MR) is 73.8 cm³/mol. The van der Waals surface area contributed by atoms with Gasteiger partial charge in [-0.25, -0.2) is 0 Å². The summed E-state index contributed by atoms with van der Waals surface area (Å²) in [6.45, 7) is 4.34. The van der Waals surface area contributed by atoms with Crippen molar-refractivity contribution in [3.05, 3.63) is 23.8 Å². The van der Waals surface area contributed by atoms with Gasteiger partial charge in [0.2, 0.25) is 0 Å². The van der Waals surface area contributed by atoms with Crippen molar-refractivity contribution in [2.45, 2.75) is 32.8 Å². The number of ether oxygens (including phenoxy) is 3. The fraction of sp³-hybridized carbons (Fsp3) is 0.533. The van der Waals surface area contributed by atoms with Crippen LogP contribution in [0.2, 0.25) is 0 Å². The Hall–Kier alpha value is -1.55. The van der Waals surface area contributed by atoms with E-state index >= 15 is 0 Å². The molecule has 0 saturated carbocycles. The highest BCUT2D eigenvalue weighted by atomic mass is 16.5. The van der Waals surface area contributed by atoms with Gasteiger partial charge in [0.25, 0.3) is 0 Å². The highest BCUT2D eigenvalue weighted by molar-refractivity contribution is 5.84. The van der Waals surface area contributed by atoms with Crippen molar-refractivity contribution in [2.24, 2.45) is 0 Å². The number of carbonyl (C=O) groups is 1. The van der Waals surface area contributed by atoms with Crippen LogP contribution in [-0.4, -0.2) is 26.6 Å². The Labute approximate surface area is 114 Å². The third kappa shape index (κ3) is 4.24. The molecule has 0 spiro atoms. The smallest absolute Gasteiger partial charge is 0.166 e. The minimum atomic E-state index is -0.547. The van der Waals surface area contributed by atoms with Gasteiger partial charge in [0, 0.05) is 19.1 Å². The molecular formula is C15H22O4. The second-order valence-corrected chi connectivity index (χ2v) is 4.20. The van der Waals surface area contributed by atoms with Crippen LogP contribution in [0.15, 0.2) is 18.2 Å². The van der Waals surface area contributed by atoms with Crippen LogP contribution in [0.3, 0.4) is 0 Å². The molecule has 0 N–H and O–H groups in total. The summed E-state index contributed by atoms with van der Waals surface area (Å²) in [6.07, 6.45) is 0.766. The summed E-state index contributed by atoms with van der Waals surface area (Å²) < 4.78 is 16.0. The molecule has 1 rings (SSSR count). The monoisotopic (exact) mass is 266 g/mol. The molecule has 0 aliphatic heterocycles. The maximum atomic E-state index is 12.1. The van der Waals surface area contributed by atoms with E-state index in [0.29, 0.717) is 24.5 Å². The summed E-state index contributed by atoms with van der Waals surface area (Å²) in [5.74, 6) is 1.39. The summed E-state index contributed by atoms with van der Waals surface area (Å²) in [4.78, 5) is 12.1. The number of carbonyl (C=O) groups excluding carboxylic acids is 1. The van der Waals surface area contributed by atoms with Gasteiger partial charge in [0.1, 0.15) is 17.6 Å². The molecular weight excluding hydrogens is 244 g/mol. The van der Waals surface area contributed by atoms with Gasteiger partial charge in [-0.1, -0.05) is 6.92 Å². The molecule has 19 heavy (non-hydrogen) atoms. The van der Waals surface area contributed by atoms with E-state index in [1.807, 2.05) is 26.0 Å². The summed E-state index contributed by atoms with van der Waals surface area (Å²) in [5, 5.41) is 0. The Morgan fingerprint density at radius 2 is 1.68 bits per heavy atom. The maximum Gasteiger partial charge on any atom is 0.166 e. The maximum absolute atomic E-state index is 12.1. The van der Waals surface area contributed by atoms with E-state index in [1.165, 1.54) is 0 Å². The Morgan fingerprint density at radius 1 is 1.11 bits per heavy atom. The average Bonchev–Trinajstić information content (AvgIpc) is 2.44. The second-order valence-electron chi connectivity index (χ2n) is 4.20. The van der Waals surface area contributed by atoms with Gasteiger partial charge < -0.3 is 14.2 Å². The Balaban J connectivity index is 3.09. The van der Waals surface area contributed by atoms with E-state index in [0.717, 1.165) is 12.0 Å². The molecule has 0 bridgehead atoms. The largest absolute Gasteiger partial charge is 0.497 e. The topological polar surface area (TPSA) is 44.8 Å². The lowest BCUT2D eigenvalue weighted by Crippen LogP contribution is -2.16. The Kier molecular flexibility index (Phi) is 6.36. The van der Waals surface area contributed by atoms with Gasteiger partial charge in [-0.3, -0.25) is 4.79 Å². The second kappa shape index (κ2) is 7.79. The Morgan fingerprint density at radius 3 is 2.11 bits per heavy atom. The van der Waals surface area contributed by atoms with Crippen molar-refractivity contribution in [3.8, 4) is 11.5 Å². The number of methoxy groups -OCH3 is 2. The lowest BCUT2D eigenvalue weighted by Gasteiger charge is -2.17. The van der Waals surface area contributed by atoms with E-state index in [9.17, 15) is 4.79 Å². The molecule has 0 radical (unpaired) electrons. The molecule has 0 saturated heterocycles. The van der Waals surface area contributed by atoms with Crippen molar-refractivity contribution in [3.63, 3.8) is 0 Å². The molecule has 0 heterocycles. The molecule has 0 fully saturated rings. The standard InChI is InChI=1S/C15H22O4/c1-5-7-14(16)15(19-6-2)11-8-12(17-3)10-13(9-11)18-4/h8-10,15H,5-7H2,1-4H3. The SMILES string of the molecule is CCCC(=O)C(OCC)c1cc(OC)cc(OC)c1.